The fraction of sp³-hybridized carbons (Fsp3) is 0.333. The third kappa shape index (κ3) is 4.90. The number of carbonyl (C=O) groups excluding carboxylic acids is 2. The number of nitrogens with one attached hydrogen (secondary N) is 1. The van der Waals surface area contributed by atoms with Crippen molar-refractivity contribution in [3.63, 3.8) is 0 Å². The van der Waals surface area contributed by atoms with Crippen LogP contribution in [0.5, 0.6) is 5.75 Å². The Morgan fingerprint density at radius 1 is 1.25 bits per heavy atom. The van der Waals surface area contributed by atoms with Crippen LogP contribution in [-0.4, -0.2) is 57.6 Å². The lowest BCUT2D eigenvalue weighted by molar-refractivity contribution is -0.133. The first kappa shape index (κ1) is 21.5. The smallest absolute Gasteiger partial charge is 0.355 e. The monoisotopic (exact) mass is 409 g/mol. The molecule has 0 unspecified atom stereocenters. The summed E-state index contributed by atoms with van der Waals surface area (Å²) >= 11 is 0. The molecule has 0 spiro atoms. The number of aromatic nitrogens is 1. The summed E-state index contributed by atoms with van der Waals surface area (Å²) in [5.41, 5.74) is 0.838. The maximum Gasteiger partial charge on any atom is 0.355 e. The minimum absolute atomic E-state index is 0.0222. The number of nitrogens with zero attached hydrogens (tertiary/aromatic N) is 2. The van der Waals surface area contributed by atoms with Crippen molar-refractivity contribution in [2.24, 2.45) is 7.05 Å². The highest BCUT2D eigenvalue weighted by Gasteiger charge is 2.21. The van der Waals surface area contributed by atoms with E-state index in [1.165, 1.54) is 35.8 Å². The minimum Gasteiger partial charge on any atom is -0.496 e. The van der Waals surface area contributed by atoms with E-state index >= 15 is 0 Å². The van der Waals surface area contributed by atoms with E-state index in [1.54, 1.807) is 20.2 Å². The molecule has 2 rings (SSSR count). The van der Waals surface area contributed by atoms with Gasteiger partial charge in [-0.1, -0.05) is 18.2 Å². The van der Waals surface area contributed by atoms with Gasteiger partial charge in [-0.25, -0.2) is 17.9 Å². The van der Waals surface area contributed by atoms with E-state index in [0.29, 0.717) is 5.75 Å². The Morgan fingerprint density at radius 3 is 2.57 bits per heavy atom. The number of hydrogen-bond donors (Lipinski definition) is 1. The Balaban J connectivity index is 2.00. The second kappa shape index (κ2) is 8.89. The molecule has 0 fully saturated rings. The topological polar surface area (TPSA) is 107 Å². The quantitative estimate of drug-likeness (QED) is 0.645. The van der Waals surface area contributed by atoms with Crippen LogP contribution >= 0.6 is 0 Å². The van der Waals surface area contributed by atoms with Gasteiger partial charge in [0, 0.05) is 32.4 Å². The van der Waals surface area contributed by atoms with Gasteiger partial charge >= 0.3 is 5.97 Å². The Bertz CT molecular complexity index is 967. The number of esters is 1. The van der Waals surface area contributed by atoms with E-state index in [2.05, 4.69) is 4.72 Å². The van der Waals surface area contributed by atoms with Gasteiger partial charge in [-0.15, -0.1) is 0 Å². The standard InChI is InChI=1S/C18H23N3O6S/c1-19-28(24,25)14-9-15(20(2)11-14)18(23)27-12-17(22)21(3)10-13-7-5-6-8-16(13)26-4/h5-9,11,19H,10,12H2,1-4H3. The van der Waals surface area contributed by atoms with Gasteiger partial charge in [0.15, 0.2) is 6.61 Å². The SMILES string of the molecule is CNS(=O)(=O)c1cc(C(=O)OCC(=O)N(C)Cc2ccccc2OC)n(C)c1. The fourth-order valence-corrected chi connectivity index (χ4v) is 3.29. The highest BCUT2D eigenvalue weighted by atomic mass is 32.2. The molecule has 9 nitrogen and oxygen atoms in total. The molecule has 28 heavy (non-hydrogen) atoms. The van der Waals surface area contributed by atoms with Crippen LogP contribution in [0.2, 0.25) is 0 Å². The Hall–Kier alpha value is -2.85. The zero-order chi connectivity index (χ0) is 20.9. The lowest BCUT2D eigenvalue weighted by Gasteiger charge is -2.18. The third-order valence-corrected chi connectivity index (χ3v) is 5.50. The van der Waals surface area contributed by atoms with Gasteiger partial charge in [-0.05, 0) is 19.2 Å². The first-order valence-corrected chi connectivity index (χ1v) is 9.80. The number of ether oxygens (including phenoxy) is 2. The average molecular weight is 409 g/mol. The number of sulfonamides is 1. The van der Waals surface area contributed by atoms with Crippen LogP contribution in [0.15, 0.2) is 41.4 Å². The third-order valence-electron chi connectivity index (χ3n) is 4.12. The number of likely N-dealkylation sites (N-methyl/N-ethyl adjacent to an activating group) is 1. The number of methoxy groups -OCH3 is 1. The summed E-state index contributed by atoms with van der Waals surface area (Å²) < 4.78 is 37.4. The first-order valence-electron chi connectivity index (χ1n) is 8.32. The molecular formula is C18H23N3O6S. The molecule has 0 saturated heterocycles. The Labute approximate surface area is 163 Å². The molecule has 152 valence electrons. The normalized spacial score (nSPS) is 11.1. The number of carbonyl (C=O) groups is 2. The molecule has 1 heterocycles. The summed E-state index contributed by atoms with van der Waals surface area (Å²) in [4.78, 5) is 25.8. The highest BCUT2D eigenvalue weighted by Crippen LogP contribution is 2.19. The van der Waals surface area contributed by atoms with Crippen LogP contribution in [0.25, 0.3) is 0 Å². The molecule has 1 aromatic heterocycles. The molecule has 0 aliphatic rings. The summed E-state index contributed by atoms with van der Waals surface area (Å²) in [5, 5.41) is 0. The van der Waals surface area contributed by atoms with Crippen LogP contribution in [-0.2, 0) is 33.1 Å². The van der Waals surface area contributed by atoms with E-state index in [0.717, 1.165) is 5.56 Å². The van der Waals surface area contributed by atoms with E-state index in [9.17, 15) is 18.0 Å². The Kier molecular flexibility index (Phi) is 6.81. The highest BCUT2D eigenvalue weighted by molar-refractivity contribution is 7.89. The summed E-state index contributed by atoms with van der Waals surface area (Å²) in [6.07, 6.45) is 1.29. The maximum absolute atomic E-state index is 12.3. The molecule has 0 radical (unpaired) electrons. The van der Waals surface area contributed by atoms with Gasteiger partial charge in [0.1, 0.15) is 16.3 Å². The van der Waals surface area contributed by atoms with Crippen molar-refractivity contribution in [3.8, 4) is 5.75 Å². The number of hydrogen-bond acceptors (Lipinski definition) is 6. The summed E-state index contributed by atoms with van der Waals surface area (Å²) in [6.45, 7) is -0.182. The van der Waals surface area contributed by atoms with Crippen molar-refractivity contribution in [1.29, 1.82) is 0 Å². The van der Waals surface area contributed by atoms with Gasteiger partial charge in [0.05, 0.1) is 7.11 Å². The number of para-hydroxylation sites is 1. The Morgan fingerprint density at radius 2 is 1.93 bits per heavy atom. The van der Waals surface area contributed by atoms with Gasteiger partial charge < -0.3 is 18.9 Å². The molecular weight excluding hydrogens is 386 g/mol. The molecule has 10 heteroatoms. The molecule has 0 aliphatic heterocycles. The van der Waals surface area contributed by atoms with Crippen LogP contribution in [0, 0.1) is 0 Å². The molecule has 1 N–H and O–H groups in total. The summed E-state index contributed by atoms with van der Waals surface area (Å²) in [7, 11) is 2.24. The van der Waals surface area contributed by atoms with Crippen molar-refractivity contribution < 1.29 is 27.5 Å². The predicted octanol–water partition coefficient (Wildman–Crippen LogP) is 0.757. The molecule has 0 bridgehead atoms. The van der Waals surface area contributed by atoms with Gasteiger partial charge in [-0.3, -0.25) is 4.79 Å². The molecule has 0 aliphatic carbocycles. The predicted molar refractivity (Wildman–Crippen MR) is 101 cm³/mol. The first-order chi connectivity index (χ1) is 13.2. The molecule has 2 aromatic rings. The maximum atomic E-state index is 12.3. The molecule has 0 saturated carbocycles. The lowest BCUT2D eigenvalue weighted by Crippen LogP contribution is -2.31. The van der Waals surface area contributed by atoms with E-state index in [-0.39, 0.29) is 17.1 Å². The fourth-order valence-electron chi connectivity index (χ4n) is 2.49. The van der Waals surface area contributed by atoms with Crippen LogP contribution in [0.1, 0.15) is 16.1 Å². The van der Waals surface area contributed by atoms with Crippen molar-refractivity contribution >= 4 is 21.9 Å². The summed E-state index contributed by atoms with van der Waals surface area (Å²) in [5.74, 6) is -0.545. The van der Waals surface area contributed by atoms with Crippen LogP contribution in [0.4, 0.5) is 0 Å². The number of rotatable bonds is 8. The number of benzene rings is 1. The van der Waals surface area contributed by atoms with Gasteiger partial charge in [0.2, 0.25) is 10.0 Å². The zero-order valence-corrected chi connectivity index (χ0v) is 16.9. The van der Waals surface area contributed by atoms with E-state index in [4.69, 9.17) is 9.47 Å². The zero-order valence-electron chi connectivity index (χ0n) is 16.1. The number of aryl methyl sites for hydroxylation is 1. The molecule has 1 aromatic carbocycles. The van der Waals surface area contributed by atoms with Crippen LogP contribution < -0.4 is 9.46 Å². The van der Waals surface area contributed by atoms with Crippen molar-refractivity contribution in [3.05, 3.63) is 47.8 Å². The number of amides is 1. The van der Waals surface area contributed by atoms with E-state index < -0.39 is 28.5 Å². The van der Waals surface area contributed by atoms with Crippen LogP contribution in [0.3, 0.4) is 0 Å². The van der Waals surface area contributed by atoms with Crippen molar-refractivity contribution in [2.75, 3.05) is 27.8 Å². The van der Waals surface area contributed by atoms with Crippen molar-refractivity contribution in [2.45, 2.75) is 11.4 Å². The second-order valence-corrected chi connectivity index (χ2v) is 7.90. The average Bonchev–Trinajstić information content (AvgIpc) is 3.08. The molecule has 0 atom stereocenters. The second-order valence-electron chi connectivity index (χ2n) is 6.02. The van der Waals surface area contributed by atoms with Gasteiger partial charge in [-0.2, -0.15) is 0 Å². The van der Waals surface area contributed by atoms with Gasteiger partial charge in [0.25, 0.3) is 5.91 Å². The molecule has 1 amide bonds. The lowest BCUT2D eigenvalue weighted by atomic mass is 10.2. The summed E-state index contributed by atoms with van der Waals surface area (Å²) in [6, 6.07) is 8.48. The minimum atomic E-state index is -3.68. The largest absolute Gasteiger partial charge is 0.496 e. The van der Waals surface area contributed by atoms with E-state index in [1.807, 2.05) is 18.2 Å². The van der Waals surface area contributed by atoms with Crippen molar-refractivity contribution in [1.82, 2.24) is 14.2 Å².